The number of hydrogen-bond acceptors (Lipinski definition) is 2. The standard InChI is InChI=1S/C20H32O2.2CH4/c1-6-20(4,5)22-19(21)16-8-12-7-15(16)18-14-9-13(17(12)18)10(2)11(14)3;;/h10-18H,6-9H2,1-5H3;2*1H4. The Morgan fingerprint density at radius 3 is 2.12 bits per heavy atom. The quantitative estimate of drug-likeness (QED) is 0.481. The van der Waals surface area contributed by atoms with E-state index >= 15 is 0 Å². The van der Waals surface area contributed by atoms with E-state index in [0.29, 0.717) is 5.92 Å². The molecular weight excluding hydrogens is 296 g/mol. The van der Waals surface area contributed by atoms with Crippen LogP contribution in [-0.4, -0.2) is 11.6 Å². The lowest BCUT2D eigenvalue weighted by molar-refractivity contribution is -0.165. The van der Waals surface area contributed by atoms with E-state index in [4.69, 9.17) is 4.74 Å². The van der Waals surface area contributed by atoms with Gasteiger partial charge in [-0.1, -0.05) is 35.6 Å². The summed E-state index contributed by atoms with van der Waals surface area (Å²) in [7, 11) is 0. The fraction of sp³-hybridized carbons (Fsp3) is 0.955. The number of hydrogen-bond donors (Lipinski definition) is 0. The second kappa shape index (κ2) is 6.32. The molecule has 0 aliphatic heterocycles. The summed E-state index contributed by atoms with van der Waals surface area (Å²) in [5.74, 6) is 7.22. The Balaban J connectivity index is 0.00000104. The number of esters is 1. The third-order valence-corrected chi connectivity index (χ3v) is 8.38. The van der Waals surface area contributed by atoms with Crippen LogP contribution in [0.25, 0.3) is 0 Å². The Bertz CT molecular complexity index is 482. The van der Waals surface area contributed by atoms with E-state index < -0.39 is 0 Å². The van der Waals surface area contributed by atoms with Crippen molar-refractivity contribution in [3.8, 4) is 0 Å². The minimum atomic E-state index is -0.297. The average Bonchev–Trinajstić information content (AvgIpc) is 3.18. The molecule has 2 nitrogen and oxygen atoms in total. The summed E-state index contributed by atoms with van der Waals surface area (Å²) in [5, 5.41) is 0. The summed E-state index contributed by atoms with van der Waals surface area (Å²) >= 11 is 0. The number of rotatable bonds is 3. The summed E-state index contributed by atoms with van der Waals surface area (Å²) in [5.41, 5.74) is -0.297. The Kier molecular flexibility index (Phi) is 5.21. The van der Waals surface area contributed by atoms with Crippen molar-refractivity contribution in [2.24, 2.45) is 53.3 Å². The van der Waals surface area contributed by atoms with Crippen LogP contribution in [0.2, 0.25) is 0 Å². The van der Waals surface area contributed by atoms with Crippen LogP contribution < -0.4 is 0 Å². The Morgan fingerprint density at radius 2 is 1.54 bits per heavy atom. The second-order valence-electron chi connectivity index (χ2n) is 9.47. The van der Waals surface area contributed by atoms with Crippen LogP contribution in [0.3, 0.4) is 0 Å². The van der Waals surface area contributed by atoms with Gasteiger partial charge >= 0.3 is 5.97 Å². The van der Waals surface area contributed by atoms with Crippen LogP contribution in [-0.2, 0) is 9.53 Å². The van der Waals surface area contributed by atoms with Gasteiger partial charge in [-0.3, -0.25) is 4.79 Å². The van der Waals surface area contributed by atoms with Gasteiger partial charge in [-0.05, 0) is 86.9 Å². The molecule has 0 heterocycles. The third kappa shape index (κ3) is 2.54. The molecule has 0 spiro atoms. The first-order valence-electron chi connectivity index (χ1n) is 9.57. The molecule has 0 aromatic rings. The van der Waals surface area contributed by atoms with Crippen molar-refractivity contribution < 1.29 is 9.53 Å². The molecule has 4 aliphatic carbocycles. The van der Waals surface area contributed by atoms with Gasteiger partial charge in [0, 0.05) is 0 Å². The molecule has 0 aromatic carbocycles. The zero-order chi connectivity index (χ0) is 15.8. The maximum absolute atomic E-state index is 12.7. The van der Waals surface area contributed by atoms with E-state index in [1.807, 2.05) is 13.8 Å². The average molecular weight is 337 g/mol. The van der Waals surface area contributed by atoms with E-state index in [-0.39, 0.29) is 32.3 Å². The summed E-state index contributed by atoms with van der Waals surface area (Å²) in [6.45, 7) is 11.1. The zero-order valence-corrected chi connectivity index (χ0v) is 14.8. The van der Waals surface area contributed by atoms with Crippen LogP contribution in [0.15, 0.2) is 0 Å². The molecule has 4 rings (SSSR count). The van der Waals surface area contributed by atoms with Gasteiger partial charge in [-0.2, -0.15) is 0 Å². The number of carbonyl (C=O) groups excluding carboxylic acids is 1. The van der Waals surface area contributed by atoms with Crippen molar-refractivity contribution in [1.29, 1.82) is 0 Å². The first kappa shape index (κ1) is 19.8. The van der Waals surface area contributed by atoms with Crippen LogP contribution in [0.1, 0.15) is 75.2 Å². The van der Waals surface area contributed by atoms with Gasteiger partial charge in [0.1, 0.15) is 5.60 Å². The fourth-order valence-electron chi connectivity index (χ4n) is 6.92. The first-order chi connectivity index (χ1) is 10.3. The van der Waals surface area contributed by atoms with E-state index in [0.717, 1.165) is 54.3 Å². The lowest BCUT2D eigenvalue weighted by Gasteiger charge is -2.43. The molecular formula is C22H40O2. The largest absolute Gasteiger partial charge is 0.459 e. The molecule has 0 N–H and O–H groups in total. The third-order valence-electron chi connectivity index (χ3n) is 8.38. The Hall–Kier alpha value is -0.530. The monoisotopic (exact) mass is 336 g/mol. The van der Waals surface area contributed by atoms with Gasteiger partial charge in [-0.25, -0.2) is 0 Å². The normalized spacial score (nSPS) is 47.8. The van der Waals surface area contributed by atoms with Crippen molar-refractivity contribution in [2.75, 3.05) is 0 Å². The maximum atomic E-state index is 12.7. The minimum absolute atomic E-state index is 0. The molecule has 4 saturated carbocycles. The molecule has 4 aliphatic rings. The van der Waals surface area contributed by atoms with Crippen molar-refractivity contribution in [2.45, 2.75) is 80.8 Å². The van der Waals surface area contributed by atoms with E-state index in [1.54, 1.807) is 0 Å². The summed E-state index contributed by atoms with van der Waals surface area (Å²) in [6.07, 6.45) is 4.78. The van der Waals surface area contributed by atoms with Gasteiger partial charge in [0.25, 0.3) is 0 Å². The highest BCUT2D eigenvalue weighted by Crippen LogP contribution is 2.71. The Labute approximate surface area is 150 Å². The predicted molar refractivity (Wildman–Crippen MR) is 101 cm³/mol. The molecule has 140 valence electrons. The minimum Gasteiger partial charge on any atom is -0.459 e. The highest BCUT2D eigenvalue weighted by molar-refractivity contribution is 5.74. The van der Waals surface area contributed by atoms with Gasteiger partial charge in [0.05, 0.1) is 5.92 Å². The van der Waals surface area contributed by atoms with E-state index in [2.05, 4.69) is 20.8 Å². The molecule has 0 amide bonds. The molecule has 24 heavy (non-hydrogen) atoms. The molecule has 4 fully saturated rings. The van der Waals surface area contributed by atoms with Crippen LogP contribution in [0.5, 0.6) is 0 Å². The fourth-order valence-corrected chi connectivity index (χ4v) is 6.92. The van der Waals surface area contributed by atoms with Gasteiger partial charge in [0.2, 0.25) is 0 Å². The summed E-state index contributed by atoms with van der Waals surface area (Å²) in [4.78, 5) is 12.7. The summed E-state index contributed by atoms with van der Waals surface area (Å²) in [6, 6.07) is 0. The zero-order valence-electron chi connectivity index (χ0n) is 14.8. The van der Waals surface area contributed by atoms with Crippen LogP contribution >= 0.6 is 0 Å². The smallest absolute Gasteiger partial charge is 0.309 e. The highest BCUT2D eigenvalue weighted by atomic mass is 16.6. The second-order valence-corrected chi connectivity index (χ2v) is 9.47. The Morgan fingerprint density at radius 1 is 0.958 bits per heavy atom. The number of ether oxygens (including phenoxy) is 1. The molecule has 9 unspecified atom stereocenters. The SMILES string of the molecule is C.C.CCC(C)(C)OC(=O)C1CC2CC1C1C3CC(C(C)C3C)C21. The molecule has 0 aromatic heterocycles. The van der Waals surface area contributed by atoms with Crippen molar-refractivity contribution in [1.82, 2.24) is 0 Å². The van der Waals surface area contributed by atoms with Crippen LogP contribution in [0, 0.1) is 53.3 Å². The van der Waals surface area contributed by atoms with Gasteiger partial charge < -0.3 is 4.74 Å². The number of carbonyl (C=O) groups is 1. The molecule has 0 radical (unpaired) electrons. The van der Waals surface area contributed by atoms with Crippen LogP contribution in [0.4, 0.5) is 0 Å². The highest BCUT2D eigenvalue weighted by Gasteiger charge is 2.66. The molecule has 4 bridgehead atoms. The van der Waals surface area contributed by atoms with E-state index in [1.165, 1.54) is 12.8 Å². The molecule has 2 heteroatoms. The van der Waals surface area contributed by atoms with E-state index in [9.17, 15) is 4.79 Å². The lowest BCUT2D eigenvalue weighted by atomic mass is 9.62. The summed E-state index contributed by atoms with van der Waals surface area (Å²) < 4.78 is 5.86. The first-order valence-corrected chi connectivity index (χ1v) is 9.57. The van der Waals surface area contributed by atoms with Crippen molar-refractivity contribution >= 4 is 5.97 Å². The van der Waals surface area contributed by atoms with Gasteiger partial charge in [-0.15, -0.1) is 0 Å². The molecule has 0 saturated heterocycles. The molecule has 9 atom stereocenters. The predicted octanol–water partition coefficient (Wildman–Crippen LogP) is 5.80. The maximum Gasteiger partial charge on any atom is 0.309 e. The van der Waals surface area contributed by atoms with Gasteiger partial charge in [0.15, 0.2) is 0 Å². The number of fused-ring (bicyclic) bond motifs is 9. The van der Waals surface area contributed by atoms with Crippen molar-refractivity contribution in [3.05, 3.63) is 0 Å². The van der Waals surface area contributed by atoms with Crippen molar-refractivity contribution in [3.63, 3.8) is 0 Å². The topological polar surface area (TPSA) is 26.3 Å². The lowest BCUT2D eigenvalue weighted by Crippen LogP contribution is -2.42.